The molecule has 1 aromatic rings. The number of aliphatic carboxylic acids is 1. The molecule has 0 aliphatic rings. The van der Waals surface area contributed by atoms with Crippen LogP contribution in [0.15, 0.2) is 23.1 Å². The third kappa shape index (κ3) is 6.42. The molecule has 0 aliphatic heterocycles. The number of carbonyl (C=O) groups excluding carboxylic acids is 2. The molecule has 0 radical (unpaired) electrons. The second-order valence-electron chi connectivity index (χ2n) is 5.68. The van der Waals surface area contributed by atoms with Crippen LogP contribution in [0.25, 0.3) is 0 Å². The average molecular weight is 369 g/mol. The van der Waals surface area contributed by atoms with E-state index >= 15 is 0 Å². The van der Waals surface area contributed by atoms with E-state index in [0.29, 0.717) is 0 Å². The molecule has 0 spiro atoms. The van der Waals surface area contributed by atoms with Gasteiger partial charge in [0.1, 0.15) is 6.04 Å². The van der Waals surface area contributed by atoms with Crippen molar-refractivity contribution in [2.75, 3.05) is 5.75 Å². The Kier molecular flexibility index (Phi) is 7.37. The maximum atomic E-state index is 11.9. The maximum Gasteiger partial charge on any atom is 0.326 e. The van der Waals surface area contributed by atoms with E-state index in [0.717, 1.165) is 17.8 Å². The molecule has 1 rings (SSSR count). The van der Waals surface area contributed by atoms with Gasteiger partial charge in [-0.1, -0.05) is 13.8 Å². The summed E-state index contributed by atoms with van der Waals surface area (Å²) >= 11 is 0.878. The van der Waals surface area contributed by atoms with Crippen molar-refractivity contribution >= 4 is 35.2 Å². The predicted molar refractivity (Wildman–Crippen MR) is 91.4 cm³/mol. The van der Waals surface area contributed by atoms with Crippen molar-refractivity contribution < 1.29 is 24.4 Å². The van der Waals surface area contributed by atoms with Gasteiger partial charge in [0.05, 0.1) is 15.6 Å². The van der Waals surface area contributed by atoms with Gasteiger partial charge in [-0.25, -0.2) is 4.79 Å². The summed E-state index contributed by atoms with van der Waals surface area (Å²) < 4.78 is 0. The molecule has 0 aromatic heterocycles. The Bertz CT molecular complexity index is 692. The number of primary amides is 1. The number of hydrogen-bond donors (Lipinski definition) is 3. The van der Waals surface area contributed by atoms with E-state index in [1.54, 1.807) is 0 Å². The molecule has 9 nitrogen and oxygen atoms in total. The quantitative estimate of drug-likeness (QED) is 0.338. The number of carbonyl (C=O) groups is 3. The molecule has 0 unspecified atom stereocenters. The molecule has 0 bridgehead atoms. The van der Waals surface area contributed by atoms with Gasteiger partial charge in [-0.15, -0.1) is 11.8 Å². The summed E-state index contributed by atoms with van der Waals surface area (Å²) in [6, 6.07) is 2.69. The summed E-state index contributed by atoms with van der Waals surface area (Å²) in [5.41, 5.74) is 4.74. The van der Waals surface area contributed by atoms with Crippen LogP contribution in [0.5, 0.6) is 0 Å². The minimum Gasteiger partial charge on any atom is -0.480 e. The molecule has 136 valence electrons. The van der Waals surface area contributed by atoms with Crippen molar-refractivity contribution in [2.45, 2.75) is 31.2 Å². The largest absolute Gasteiger partial charge is 0.480 e. The number of nitro benzene ring substituents is 1. The zero-order valence-electron chi connectivity index (χ0n) is 13.7. The van der Waals surface area contributed by atoms with E-state index in [1.807, 2.05) is 13.8 Å². The molecule has 25 heavy (non-hydrogen) atoms. The summed E-state index contributed by atoms with van der Waals surface area (Å²) in [5.74, 6) is -2.60. The van der Waals surface area contributed by atoms with Crippen molar-refractivity contribution in [3.05, 3.63) is 33.9 Å². The second kappa shape index (κ2) is 9.02. The van der Waals surface area contributed by atoms with Crippen LogP contribution < -0.4 is 11.1 Å². The lowest BCUT2D eigenvalue weighted by Crippen LogP contribution is -2.42. The van der Waals surface area contributed by atoms with Crippen molar-refractivity contribution in [3.8, 4) is 0 Å². The highest BCUT2D eigenvalue weighted by Crippen LogP contribution is 2.30. The van der Waals surface area contributed by atoms with Crippen LogP contribution in [0.3, 0.4) is 0 Å². The number of thioether (sulfide) groups is 1. The monoisotopic (exact) mass is 369 g/mol. The van der Waals surface area contributed by atoms with Gasteiger partial charge in [-0.05, 0) is 24.5 Å². The van der Waals surface area contributed by atoms with Crippen LogP contribution in [-0.4, -0.2) is 39.6 Å². The maximum absolute atomic E-state index is 11.9. The number of carboxylic acid groups (broad SMARTS) is 1. The highest BCUT2D eigenvalue weighted by atomic mass is 32.2. The third-order valence-corrected chi connectivity index (χ3v) is 4.20. The summed E-state index contributed by atoms with van der Waals surface area (Å²) in [5, 5.41) is 22.6. The number of nitrogens with one attached hydrogen (secondary N) is 1. The van der Waals surface area contributed by atoms with E-state index in [-0.39, 0.29) is 34.2 Å². The molecule has 0 aliphatic carbocycles. The Hall–Kier alpha value is -2.62. The fourth-order valence-corrected chi connectivity index (χ4v) is 2.82. The van der Waals surface area contributed by atoms with E-state index in [1.165, 1.54) is 12.1 Å². The minimum atomic E-state index is -1.14. The smallest absolute Gasteiger partial charge is 0.326 e. The Morgan fingerprint density at radius 1 is 1.36 bits per heavy atom. The highest BCUT2D eigenvalue weighted by molar-refractivity contribution is 8.00. The van der Waals surface area contributed by atoms with Crippen LogP contribution in [0.2, 0.25) is 0 Å². The molecular formula is C15H19N3O6S. The fourth-order valence-electron chi connectivity index (χ4n) is 2.01. The van der Waals surface area contributed by atoms with Crippen molar-refractivity contribution in [1.29, 1.82) is 0 Å². The molecule has 1 atom stereocenters. The molecule has 10 heteroatoms. The van der Waals surface area contributed by atoms with Crippen LogP contribution in [0.4, 0.5) is 5.69 Å². The average Bonchev–Trinajstić information content (AvgIpc) is 2.51. The van der Waals surface area contributed by atoms with E-state index in [9.17, 15) is 24.5 Å². The van der Waals surface area contributed by atoms with Crippen molar-refractivity contribution in [3.63, 3.8) is 0 Å². The minimum absolute atomic E-state index is 0.0108. The first kappa shape index (κ1) is 20.4. The lowest BCUT2D eigenvalue weighted by Gasteiger charge is -2.16. The van der Waals surface area contributed by atoms with Gasteiger partial charge < -0.3 is 16.2 Å². The van der Waals surface area contributed by atoms with Gasteiger partial charge in [0.2, 0.25) is 11.8 Å². The first-order valence-corrected chi connectivity index (χ1v) is 8.33. The van der Waals surface area contributed by atoms with Gasteiger partial charge in [-0.2, -0.15) is 0 Å². The first-order chi connectivity index (χ1) is 11.6. The normalized spacial score (nSPS) is 11.8. The number of nitrogens with two attached hydrogens (primary N) is 1. The fraction of sp³-hybridized carbons (Fsp3) is 0.400. The van der Waals surface area contributed by atoms with Crippen LogP contribution in [0, 0.1) is 16.0 Å². The Morgan fingerprint density at radius 2 is 2.00 bits per heavy atom. The van der Waals surface area contributed by atoms with E-state index in [4.69, 9.17) is 10.8 Å². The molecule has 0 fully saturated rings. The first-order valence-electron chi connectivity index (χ1n) is 7.35. The second-order valence-corrected chi connectivity index (χ2v) is 6.70. The number of rotatable bonds is 9. The van der Waals surface area contributed by atoms with Crippen LogP contribution in [-0.2, 0) is 9.59 Å². The summed E-state index contributed by atoms with van der Waals surface area (Å²) in [6.07, 6.45) is 0.277. The molecule has 0 saturated heterocycles. The Labute approximate surface area is 148 Å². The Balaban J connectivity index is 2.80. The zero-order valence-corrected chi connectivity index (χ0v) is 14.5. The standard InChI is InChI=1S/C15H19N3O6S/c1-8(2)5-10(15(21)22)17-13(19)7-25-12-4-3-9(14(16)20)6-11(12)18(23)24/h3-4,6,8,10H,5,7H2,1-2H3,(H2,16,20)(H,17,19)(H,21,22)/t10-/m0/s1. The third-order valence-electron chi connectivity index (χ3n) is 3.14. The van der Waals surface area contributed by atoms with E-state index < -0.39 is 28.7 Å². The molecule has 0 heterocycles. The SMILES string of the molecule is CC(C)C[C@H](NC(=O)CSc1ccc(C(N)=O)cc1[N+](=O)[O-])C(=O)O. The van der Waals surface area contributed by atoms with Crippen molar-refractivity contribution in [1.82, 2.24) is 5.32 Å². The van der Waals surface area contributed by atoms with Gasteiger partial charge in [-0.3, -0.25) is 19.7 Å². The van der Waals surface area contributed by atoms with Gasteiger partial charge in [0.25, 0.3) is 5.69 Å². The molecule has 1 aromatic carbocycles. The number of nitrogens with zero attached hydrogens (tertiary/aromatic N) is 1. The lowest BCUT2D eigenvalue weighted by molar-refractivity contribution is -0.387. The summed E-state index contributed by atoms with van der Waals surface area (Å²) in [6.45, 7) is 3.67. The molecule has 4 N–H and O–H groups in total. The number of nitro groups is 1. The van der Waals surface area contributed by atoms with Gasteiger partial charge >= 0.3 is 5.97 Å². The van der Waals surface area contributed by atoms with Crippen molar-refractivity contribution in [2.24, 2.45) is 11.7 Å². The number of amides is 2. The van der Waals surface area contributed by atoms with Crippen LogP contribution in [0.1, 0.15) is 30.6 Å². The summed E-state index contributed by atoms with van der Waals surface area (Å²) in [4.78, 5) is 44.8. The number of benzene rings is 1. The van der Waals surface area contributed by atoms with Gasteiger partial charge in [0, 0.05) is 11.6 Å². The van der Waals surface area contributed by atoms with E-state index in [2.05, 4.69) is 5.32 Å². The lowest BCUT2D eigenvalue weighted by atomic mass is 10.0. The van der Waals surface area contributed by atoms with Gasteiger partial charge in [0.15, 0.2) is 0 Å². The zero-order chi connectivity index (χ0) is 19.1. The Morgan fingerprint density at radius 3 is 2.48 bits per heavy atom. The number of hydrogen-bond acceptors (Lipinski definition) is 6. The summed E-state index contributed by atoms with van der Waals surface area (Å²) in [7, 11) is 0. The predicted octanol–water partition coefficient (Wildman–Crippen LogP) is 1.40. The molecule has 2 amide bonds. The molecular weight excluding hydrogens is 350 g/mol. The number of carboxylic acids is 1. The molecule has 0 saturated carbocycles. The highest BCUT2D eigenvalue weighted by Gasteiger charge is 2.22. The topological polar surface area (TPSA) is 153 Å². The van der Waals surface area contributed by atoms with Crippen LogP contribution >= 0.6 is 11.8 Å².